The predicted octanol–water partition coefficient (Wildman–Crippen LogP) is 0.439. The Morgan fingerprint density at radius 3 is 2.82 bits per heavy atom. The van der Waals surface area contributed by atoms with Gasteiger partial charge in [-0.25, -0.2) is 9.07 Å². The average molecular weight is 304 g/mol. The fourth-order valence-corrected chi connectivity index (χ4v) is 2.82. The third kappa shape index (κ3) is 2.57. The van der Waals surface area contributed by atoms with Gasteiger partial charge in [0.25, 0.3) is 5.91 Å². The van der Waals surface area contributed by atoms with E-state index in [9.17, 15) is 9.18 Å². The van der Waals surface area contributed by atoms with Gasteiger partial charge in [0.2, 0.25) is 0 Å². The molecule has 1 fully saturated rings. The van der Waals surface area contributed by atoms with Crippen molar-refractivity contribution in [3.63, 3.8) is 0 Å². The summed E-state index contributed by atoms with van der Waals surface area (Å²) in [6.45, 7) is 0.977. The Hall–Kier alpha value is -2.35. The molecule has 0 N–H and O–H groups in total. The lowest BCUT2D eigenvalue weighted by Crippen LogP contribution is -2.37. The molecule has 8 heteroatoms. The van der Waals surface area contributed by atoms with Crippen molar-refractivity contribution in [1.29, 1.82) is 0 Å². The molecule has 22 heavy (non-hydrogen) atoms. The maximum Gasteiger partial charge on any atom is 0.257 e. The quantitative estimate of drug-likeness (QED) is 0.823. The van der Waals surface area contributed by atoms with Crippen molar-refractivity contribution in [1.82, 2.24) is 29.8 Å². The van der Waals surface area contributed by atoms with E-state index in [1.807, 2.05) is 19.0 Å². The van der Waals surface area contributed by atoms with Gasteiger partial charge in [-0.05, 0) is 20.2 Å². The van der Waals surface area contributed by atoms with Gasteiger partial charge in [-0.15, -0.1) is 5.10 Å². The Bertz CT molecular complexity index is 659. The SMILES string of the molecule is CN(C)[C@@H]1CN(C(=O)c2ccncc2F)C[C@@H]1n1ccnn1. The second kappa shape index (κ2) is 5.80. The van der Waals surface area contributed by atoms with Gasteiger partial charge in [0.05, 0.1) is 30.0 Å². The molecule has 1 aliphatic rings. The molecule has 3 heterocycles. The van der Waals surface area contributed by atoms with Crippen LogP contribution in [-0.4, -0.2) is 68.9 Å². The first-order valence-corrected chi connectivity index (χ1v) is 6.99. The monoisotopic (exact) mass is 304 g/mol. The van der Waals surface area contributed by atoms with E-state index in [0.29, 0.717) is 13.1 Å². The summed E-state index contributed by atoms with van der Waals surface area (Å²) in [7, 11) is 3.91. The van der Waals surface area contributed by atoms with Gasteiger partial charge in [0.15, 0.2) is 5.82 Å². The highest BCUT2D eigenvalue weighted by atomic mass is 19.1. The molecule has 0 aliphatic carbocycles. The Balaban J connectivity index is 1.85. The van der Waals surface area contributed by atoms with Crippen LogP contribution < -0.4 is 0 Å². The van der Waals surface area contributed by atoms with Crippen molar-refractivity contribution in [3.05, 3.63) is 42.2 Å². The van der Waals surface area contributed by atoms with Gasteiger partial charge in [-0.1, -0.05) is 5.21 Å². The zero-order valence-electron chi connectivity index (χ0n) is 12.4. The molecule has 116 valence electrons. The zero-order valence-corrected chi connectivity index (χ0v) is 12.4. The summed E-state index contributed by atoms with van der Waals surface area (Å²) >= 11 is 0. The summed E-state index contributed by atoms with van der Waals surface area (Å²) in [5, 5.41) is 7.86. The Morgan fingerprint density at radius 2 is 2.18 bits per heavy atom. The Labute approximate surface area is 127 Å². The lowest BCUT2D eigenvalue weighted by molar-refractivity contribution is 0.0776. The molecule has 2 aromatic rings. The van der Waals surface area contributed by atoms with Crippen LogP contribution in [0.3, 0.4) is 0 Å². The number of likely N-dealkylation sites (tertiary alicyclic amines) is 1. The predicted molar refractivity (Wildman–Crippen MR) is 76.6 cm³/mol. The third-order valence-electron chi connectivity index (χ3n) is 3.99. The molecule has 1 amide bonds. The number of amides is 1. The first-order chi connectivity index (χ1) is 10.6. The molecule has 3 rings (SSSR count). The molecule has 7 nitrogen and oxygen atoms in total. The number of hydrogen-bond donors (Lipinski definition) is 0. The maximum atomic E-state index is 13.8. The molecule has 0 saturated carbocycles. The summed E-state index contributed by atoms with van der Waals surface area (Å²) in [5.41, 5.74) is 0.0479. The zero-order chi connectivity index (χ0) is 15.7. The summed E-state index contributed by atoms with van der Waals surface area (Å²) < 4.78 is 15.5. The smallest absolute Gasteiger partial charge is 0.257 e. The average Bonchev–Trinajstić information content (AvgIpc) is 3.16. The van der Waals surface area contributed by atoms with E-state index in [2.05, 4.69) is 15.3 Å². The number of halogens is 1. The van der Waals surface area contributed by atoms with Crippen molar-refractivity contribution in [2.24, 2.45) is 0 Å². The van der Waals surface area contributed by atoms with Crippen LogP contribution in [0, 0.1) is 5.82 Å². The molecule has 0 unspecified atom stereocenters. The van der Waals surface area contributed by atoms with Crippen LogP contribution in [0.4, 0.5) is 4.39 Å². The molecule has 0 bridgehead atoms. The lowest BCUT2D eigenvalue weighted by Gasteiger charge is -2.24. The van der Waals surface area contributed by atoms with Crippen LogP contribution >= 0.6 is 0 Å². The van der Waals surface area contributed by atoms with E-state index in [1.165, 1.54) is 12.3 Å². The van der Waals surface area contributed by atoms with Crippen LogP contribution in [0.5, 0.6) is 0 Å². The van der Waals surface area contributed by atoms with E-state index in [0.717, 1.165) is 6.20 Å². The van der Waals surface area contributed by atoms with Gasteiger partial charge in [0, 0.05) is 25.5 Å². The van der Waals surface area contributed by atoms with E-state index in [1.54, 1.807) is 22.0 Å². The fraction of sp³-hybridized carbons (Fsp3) is 0.429. The molecule has 0 aromatic carbocycles. The maximum absolute atomic E-state index is 13.8. The Morgan fingerprint density at radius 1 is 1.36 bits per heavy atom. The van der Waals surface area contributed by atoms with E-state index in [-0.39, 0.29) is 23.6 Å². The Kier molecular flexibility index (Phi) is 3.84. The highest BCUT2D eigenvalue weighted by Gasteiger charge is 2.38. The van der Waals surface area contributed by atoms with E-state index >= 15 is 0 Å². The summed E-state index contributed by atoms with van der Waals surface area (Å²) in [5.74, 6) is -0.924. The highest BCUT2D eigenvalue weighted by molar-refractivity contribution is 5.94. The van der Waals surface area contributed by atoms with E-state index < -0.39 is 5.82 Å². The largest absolute Gasteiger partial charge is 0.335 e. The van der Waals surface area contributed by atoms with Gasteiger partial charge in [-0.2, -0.15) is 0 Å². The van der Waals surface area contributed by atoms with Crippen LogP contribution in [0.1, 0.15) is 16.4 Å². The number of pyridine rings is 1. The molecule has 1 aliphatic heterocycles. The lowest BCUT2D eigenvalue weighted by atomic mass is 10.1. The summed E-state index contributed by atoms with van der Waals surface area (Å²) in [4.78, 5) is 19.9. The number of likely N-dealkylation sites (N-methyl/N-ethyl adjacent to an activating group) is 1. The number of carbonyl (C=O) groups is 1. The molecule has 0 radical (unpaired) electrons. The van der Waals surface area contributed by atoms with Crippen molar-refractivity contribution in [3.8, 4) is 0 Å². The van der Waals surface area contributed by atoms with Crippen molar-refractivity contribution < 1.29 is 9.18 Å². The van der Waals surface area contributed by atoms with Crippen molar-refractivity contribution in [2.75, 3.05) is 27.2 Å². The van der Waals surface area contributed by atoms with Crippen LogP contribution in [-0.2, 0) is 0 Å². The molecule has 0 spiro atoms. The molecule has 1 saturated heterocycles. The topological polar surface area (TPSA) is 67.2 Å². The normalized spacial score (nSPS) is 21.5. The van der Waals surface area contributed by atoms with Crippen molar-refractivity contribution in [2.45, 2.75) is 12.1 Å². The number of rotatable bonds is 3. The van der Waals surface area contributed by atoms with Crippen LogP contribution in [0.2, 0.25) is 0 Å². The van der Waals surface area contributed by atoms with Crippen molar-refractivity contribution >= 4 is 5.91 Å². The molecular formula is C14H17FN6O. The third-order valence-corrected chi connectivity index (χ3v) is 3.99. The van der Waals surface area contributed by atoms with Gasteiger partial charge in [0.1, 0.15) is 0 Å². The first-order valence-electron chi connectivity index (χ1n) is 6.99. The van der Waals surface area contributed by atoms with Gasteiger partial charge < -0.3 is 9.80 Å². The van der Waals surface area contributed by atoms with Crippen LogP contribution in [0.15, 0.2) is 30.9 Å². The van der Waals surface area contributed by atoms with Gasteiger partial charge in [-0.3, -0.25) is 9.78 Å². The fourth-order valence-electron chi connectivity index (χ4n) is 2.82. The minimum atomic E-state index is -0.599. The first kappa shape index (κ1) is 14.6. The summed E-state index contributed by atoms with van der Waals surface area (Å²) in [6.07, 6.45) is 5.87. The standard InChI is InChI=1S/C14H17FN6O/c1-19(2)12-8-20(9-13(12)21-6-5-17-18-21)14(22)10-3-4-16-7-11(10)15/h3-7,12-13H,8-9H2,1-2H3/t12-,13+/m1/s1. The van der Waals surface area contributed by atoms with Gasteiger partial charge >= 0.3 is 0 Å². The number of nitrogens with zero attached hydrogens (tertiary/aromatic N) is 6. The highest BCUT2D eigenvalue weighted by Crippen LogP contribution is 2.26. The van der Waals surface area contributed by atoms with Crippen LogP contribution in [0.25, 0.3) is 0 Å². The minimum Gasteiger partial charge on any atom is -0.335 e. The second-order valence-electron chi connectivity index (χ2n) is 5.55. The number of carbonyl (C=O) groups excluding carboxylic acids is 1. The molecular weight excluding hydrogens is 287 g/mol. The molecule has 2 aromatic heterocycles. The second-order valence-corrected chi connectivity index (χ2v) is 5.55. The number of aromatic nitrogens is 4. The number of hydrogen-bond acceptors (Lipinski definition) is 5. The molecule has 2 atom stereocenters. The summed E-state index contributed by atoms with van der Waals surface area (Å²) in [6, 6.07) is 1.49. The minimum absolute atomic E-state index is 0.00801. The van der Waals surface area contributed by atoms with E-state index in [4.69, 9.17) is 0 Å².